The van der Waals surface area contributed by atoms with Gasteiger partial charge in [-0.3, -0.25) is 0 Å². The lowest BCUT2D eigenvalue weighted by Crippen LogP contribution is -1.94. The van der Waals surface area contributed by atoms with Crippen LogP contribution in [0.15, 0.2) is 12.2 Å². The number of rotatable bonds is 7. The normalized spacial score (nSPS) is 8.56. The Morgan fingerprint density at radius 3 is 2.06 bits per heavy atom. The van der Waals surface area contributed by atoms with E-state index in [9.17, 15) is 4.79 Å². The monoisotopic (exact) mass is 227 g/mol. The van der Waals surface area contributed by atoms with Gasteiger partial charge in [0.2, 0.25) is 0 Å². The van der Waals surface area contributed by atoms with E-state index in [4.69, 9.17) is 15.5 Å². The number of nitriles is 1. The average molecular weight is 227 g/mol. The minimum atomic E-state index is -1.26. The van der Waals surface area contributed by atoms with Crippen LogP contribution in [-0.4, -0.2) is 22.8 Å². The van der Waals surface area contributed by atoms with Crippen LogP contribution in [0.1, 0.15) is 45.4 Å². The Morgan fingerprint density at radius 1 is 1.25 bits per heavy atom. The zero-order valence-electron chi connectivity index (χ0n) is 9.91. The predicted octanol–water partition coefficient (Wildman–Crippen LogP) is 2.49. The molecule has 0 aromatic heterocycles. The molecule has 16 heavy (non-hydrogen) atoms. The van der Waals surface area contributed by atoms with Gasteiger partial charge in [0, 0.05) is 6.61 Å². The van der Waals surface area contributed by atoms with Gasteiger partial charge < -0.3 is 10.2 Å². The maximum atomic E-state index is 9.61. The second-order valence-electron chi connectivity index (χ2n) is 3.39. The van der Waals surface area contributed by atoms with Crippen molar-refractivity contribution < 1.29 is 15.0 Å². The molecular formula is C12H21NO3. The first kappa shape index (κ1) is 17.1. The molecule has 0 amide bonds. The summed E-state index contributed by atoms with van der Waals surface area (Å²) in [7, 11) is 0. The van der Waals surface area contributed by atoms with Crippen LogP contribution in [0.2, 0.25) is 0 Å². The molecule has 0 saturated carbocycles. The van der Waals surface area contributed by atoms with Crippen molar-refractivity contribution in [1.29, 1.82) is 5.26 Å². The quantitative estimate of drug-likeness (QED) is 0.398. The fourth-order valence-electron chi connectivity index (χ4n) is 0.940. The molecule has 0 bridgehead atoms. The van der Waals surface area contributed by atoms with Gasteiger partial charge in [-0.05, 0) is 6.42 Å². The summed E-state index contributed by atoms with van der Waals surface area (Å²) in [4.78, 5) is 9.61. The zero-order chi connectivity index (χ0) is 12.8. The molecule has 4 nitrogen and oxygen atoms in total. The van der Waals surface area contributed by atoms with Crippen LogP contribution in [0.5, 0.6) is 0 Å². The van der Waals surface area contributed by atoms with E-state index < -0.39 is 11.5 Å². The lowest BCUT2D eigenvalue weighted by atomic mass is 10.1. The van der Waals surface area contributed by atoms with Crippen molar-refractivity contribution >= 4 is 5.97 Å². The van der Waals surface area contributed by atoms with Crippen LogP contribution in [0.3, 0.4) is 0 Å². The van der Waals surface area contributed by atoms with Crippen molar-refractivity contribution in [3.63, 3.8) is 0 Å². The molecule has 0 spiro atoms. The van der Waals surface area contributed by atoms with E-state index in [0.29, 0.717) is 6.61 Å². The number of hydrogen-bond acceptors (Lipinski definition) is 3. The number of aliphatic carboxylic acids is 1. The highest BCUT2D eigenvalue weighted by atomic mass is 16.4. The Labute approximate surface area is 97.2 Å². The minimum absolute atomic E-state index is 0.367. The van der Waals surface area contributed by atoms with Gasteiger partial charge in [-0.2, -0.15) is 5.26 Å². The Balaban J connectivity index is 0. The number of hydrogen-bond donors (Lipinski definition) is 2. The van der Waals surface area contributed by atoms with Crippen molar-refractivity contribution in [2.45, 2.75) is 45.4 Å². The van der Waals surface area contributed by atoms with Gasteiger partial charge in [0.05, 0.1) is 0 Å². The number of carbonyl (C=O) groups is 1. The predicted molar refractivity (Wildman–Crippen MR) is 62.9 cm³/mol. The number of carboxylic acid groups (broad SMARTS) is 1. The van der Waals surface area contributed by atoms with E-state index >= 15 is 0 Å². The molecule has 0 saturated heterocycles. The lowest BCUT2D eigenvalue weighted by molar-refractivity contribution is -0.132. The van der Waals surface area contributed by atoms with Crippen molar-refractivity contribution in [3.05, 3.63) is 12.2 Å². The molecule has 0 aromatic rings. The molecule has 0 aliphatic carbocycles. The first-order valence-corrected chi connectivity index (χ1v) is 5.53. The highest BCUT2D eigenvalue weighted by molar-refractivity contribution is 5.90. The Morgan fingerprint density at radius 2 is 1.75 bits per heavy atom. The van der Waals surface area contributed by atoms with E-state index in [1.807, 2.05) is 0 Å². The second kappa shape index (κ2) is 13.7. The standard InChI is InChI=1S/C8H18O.C4H3NO2/c1-2-3-4-5-6-7-8-9;1-3(2-5)4(6)7/h9H,2-8H2,1H3;1H2,(H,6,7). The molecule has 0 radical (unpaired) electrons. The van der Waals surface area contributed by atoms with Crippen LogP contribution in [0, 0.1) is 11.3 Å². The van der Waals surface area contributed by atoms with Crippen molar-refractivity contribution in [2.24, 2.45) is 0 Å². The SMILES string of the molecule is C=C(C#N)C(=O)O.CCCCCCCCO. The maximum absolute atomic E-state index is 9.61. The van der Waals surface area contributed by atoms with E-state index in [2.05, 4.69) is 13.5 Å². The molecule has 0 rings (SSSR count). The first-order chi connectivity index (χ1) is 7.59. The average Bonchev–Trinajstić information content (AvgIpc) is 2.28. The summed E-state index contributed by atoms with van der Waals surface area (Å²) >= 11 is 0. The maximum Gasteiger partial charge on any atom is 0.345 e. The van der Waals surface area contributed by atoms with Crippen molar-refractivity contribution in [2.75, 3.05) is 6.61 Å². The third-order valence-corrected chi connectivity index (χ3v) is 1.90. The van der Waals surface area contributed by atoms with E-state index in [0.717, 1.165) is 6.42 Å². The summed E-state index contributed by atoms with van der Waals surface area (Å²) in [5.74, 6) is -1.26. The van der Waals surface area contributed by atoms with Crippen LogP contribution >= 0.6 is 0 Å². The van der Waals surface area contributed by atoms with Gasteiger partial charge in [0.1, 0.15) is 11.6 Å². The number of nitrogens with zero attached hydrogens (tertiary/aromatic N) is 1. The van der Waals surface area contributed by atoms with Crippen molar-refractivity contribution in [3.8, 4) is 6.07 Å². The summed E-state index contributed by atoms with van der Waals surface area (Å²) in [5.41, 5.74) is -0.431. The summed E-state index contributed by atoms with van der Waals surface area (Å²) in [6, 6.07) is 1.37. The van der Waals surface area contributed by atoms with Gasteiger partial charge in [0.25, 0.3) is 0 Å². The molecule has 0 fully saturated rings. The van der Waals surface area contributed by atoms with Gasteiger partial charge in [-0.15, -0.1) is 0 Å². The molecule has 0 aliphatic rings. The highest BCUT2D eigenvalue weighted by Gasteiger charge is 1.97. The topological polar surface area (TPSA) is 81.3 Å². The number of aliphatic hydroxyl groups excluding tert-OH is 1. The number of aliphatic hydroxyl groups is 1. The summed E-state index contributed by atoms with van der Waals surface area (Å²) in [6.07, 6.45) is 7.50. The van der Waals surface area contributed by atoms with Gasteiger partial charge in [0.15, 0.2) is 0 Å². The van der Waals surface area contributed by atoms with E-state index in [-0.39, 0.29) is 0 Å². The third kappa shape index (κ3) is 15.1. The van der Waals surface area contributed by atoms with Crippen molar-refractivity contribution in [1.82, 2.24) is 0 Å². The summed E-state index contributed by atoms with van der Waals surface area (Å²) in [5, 5.41) is 24.1. The molecular weight excluding hydrogens is 206 g/mol. The third-order valence-electron chi connectivity index (χ3n) is 1.90. The Bertz CT molecular complexity index is 225. The number of unbranched alkanes of at least 4 members (excludes halogenated alkanes) is 5. The highest BCUT2D eigenvalue weighted by Crippen LogP contribution is 2.03. The van der Waals surface area contributed by atoms with E-state index in [1.165, 1.54) is 38.2 Å². The number of carboxylic acids is 1. The smallest absolute Gasteiger partial charge is 0.345 e. The molecule has 0 atom stereocenters. The summed E-state index contributed by atoms with van der Waals surface area (Å²) < 4.78 is 0. The van der Waals surface area contributed by atoms with Crippen LogP contribution < -0.4 is 0 Å². The molecule has 0 aliphatic heterocycles. The van der Waals surface area contributed by atoms with Gasteiger partial charge in [-0.25, -0.2) is 4.79 Å². The fraction of sp³-hybridized carbons (Fsp3) is 0.667. The van der Waals surface area contributed by atoms with Gasteiger partial charge >= 0.3 is 5.97 Å². The van der Waals surface area contributed by atoms with Gasteiger partial charge in [-0.1, -0.05) is 45.6 Å². The molecule has 4 heteroatoms. The largest absolute Gasteiger partial charge is 0.477 e. The Kier molecular flexibility index (Phi) is 14.6. The molecule has 0 heterocycles. The van der Waals surface area contributed by atoms with Crippen LogP contribution in [0.25, 0.3) is 0 Å². The molecule has 92 valence electrons. The summed E-state index contributed by atoms with van der Waals surface area (Å²) in [6.45, 7) is 5.49. The molecule has 2 N–H and O–H groups in total. The lowest BCUT2D eigenvalue weighted by Gasteiger charge is -1.95. The first-order valence-electron chi connectivity index (χ1n) is 5.53. The van der Waals surface area contributed by atoms with Crippen LogP contribution in [-0.2, 0) is 4.79 Å². The fourth-order valence-corrected chi connectivity index (χ4v) is 0.940. The van der Waals surface area contributed by atoms with Crippen LogP contribution in [0.4, 0.5) is 0 Å². The second-order valence-corrected chi connectivity index (χ2v) is 3.39. The Hall–Kier alpha value is -1.34. The molecule has 0 unspecified atom stereocenters. The van der Waals surface area contributed by atoms with E-state index in [1.54, 1.807) is 0 Å². The molecule has 0 aromatic carbocycles. The zero-order valence-corrected chi connectivity index (χ0v) is 9.91. The minimum Gasteiger partial charge on any atom is -0.477 e.